The Hall–Kier alpha value is -2.99. The van der Waals surface area contributed by atoms with Gasteiger partial charge in [0.2, 0.25) is 0 Å². The van der Waals surface area contributed by atoms with E-state index >= 15 is 0 Å². The summed E-state index contributed by atoms with van der Waals surface area (Å²) in [4.78, 5) is 0. The number of nitriles is 2. The summed E-state index contributed by atoms with van der Waals surface area (Å²) >= 11 is 0. The third-order valence-corrected chi connectivity index (χ3v) is 2.77. The van der Waals surface area contributed by atoms with Crippen molar-refractivity contribution in [3.05, 3.63) is 59.2 Å². The number of hydrogen-bond donors (Lipinski definition) is 1. The first-order valence-electron chi connectivity index (χ1n) is 5.83. The van der Waals surface area contributed by atoms with Gasteiger partial charge in [-0.1, -0.05) is 12.1 Å². The maximum atomic E-state index is 12.7. The van der Waals surface area contributed by atoms with Gasteiger partial charge in [0.05, 0.1) is 28.4 Å². The summed E-state index contributed by atoms with van der Waals surface area (Å²) in [5.74, 6) is 0. The zero-order chi connectivity index (χ0) is 15.5. The molecule has 0 unspecified atom stereocenters. The van der Waals surface area contributed by atoms with Crippen LogP contribution in [0.4, 0.5) is 24.5 Å². The van der Waals surface area contributed by atoms with E-state index in [1.54, 1.807) is 24.3 Å². The quantitative estimate of drug-likeness (QED) is 0.900. The Labute approximate surface area is 118 Å². The van der Waals surface area contributed by atoms with E-state index < -0.39 is 17.3 Å². The molecule has 0 aliphatic heterocycles. The topological polar surface area (TPSA) is 59.6 Å². The summed E-state index contributed by atoms with van der Waals surface area (Å²) < 4.78 is 38.1. The molecule has 0 saturated heterocycles. The van der Waals surface area contributed by atoms with Crippen LogP contribution in [-0.2, 0) is 6.18 Å². The van der Waals surface area contributed by atoms with Crippen LogP contribution in [0.25, 0.3) is 0 Å². The highest BCUT2D eigenvalue weighted by Gasteiger charge is 2.33. The molecule has 0 heterocycles. The number of nitrogens with one attached hydrogen (secondary N) is 1. The predicted molar refractivity (Wildman–Crippen MR) is 70.6 cm³/mol. The summed E-state index contributed by atoms with van der Waals surface area (Å²) in [7, 11) is 0. The lowest BCUT2D eigenvalue weighted by molar-refractivity contribution is -0.137. The molecule has 0 atom stereocenters. The number of alkyl halides is 3. The number of anilines is 2. The minimum atomic E-state index is -4.58. The van der Waals surface area contributed by atoms with Crippen LogP contribution < -0.4 is 5.32 Å². The van der Waals surface area contributed by atoms with Crippen LogP contribution in [0, 0.1) is 22.7 Å². The third kappa shape index (κ3) is 3.13. The minimum Gasteiger partial charge on any atom is -0.354 e. The maximum Gasteiger partial charge on any atom is 0.417 e. The normalized spacial score (nSPS) is 10.5. The fourth-order valence-electron chi connectivity index (χ4n) is 1.81. The molecule has 3 nitrogen and oxygen atoms in total. The lowest BCUT2D eigenvalue weighted by atomic mass is 10.1. The molecule has 0 aliphatic carbocycles. The van der Waals surface area contributed by atoms with Gasteiger partial charge in [-0.25, -0.2) is 0 Å². The number of benzene rings is 2. The number of nitrogens with zero attached hydrogens (tertiary/aromatic N) is 2. The second-order valence-corrected chi connectivity index (χ2v) is 4.15. The Morgan fingerprint density at radius 1 is 0.905 bits per heavy atom. The molecule has 0 fully saturated rings. The highest BCUT2D eigenvalue weighted by Crippen LogP contribution is 2.33. The van der Waals surface area contributed by atoms with Gasteiger partial charge in [0, 0.05) is 5.69 Å². The number of para-hydroxylation sites is 1. The highest BCUT2D eigenvalue weighted by atomic mass is 19.4. The van der Waals surface area contributed by atoms with Crippen molar-refractivity contribution in [2.75, 3.05) is 5.32 Å². The van der Waals surface area contributed by atoms with Crippen LogP contribution in [0.5, 0.6) is 0 Å². The van der Waals surface area contributed by atoms with Gasteiger partial charge in [0.15, 0.2) is 0 Å². The van der Waals surface area contributed by atoms with Crippen LogP contribution >= 0.6 is 0 Å². The second-order valence-electron chi connectivity index (χ2n) is 4.15. The lowest BCUT2D eigenvalue weighted by Crippen LogP contribution is -2.08. The summed E-state index contributed by atoms with van der Waals surface area (Å²) in [6.45, 7) is 0. The molecule has 0 bridgehead atoms. The SMILES string of the molecule is N#Cc1ccccc1Nc1ccc(C(F)(F)F)c(C#N)c1. The average Bonchev–Trinajstić information content (AvgIpc) is 2.46. The van der Waals surface area contributed by atoms with Crippen LogP contribution in [-0.4, -0.2) is 0 Å². The molecule has 2 rings (SSSR count). The molecule has 104 valence electrons. The molecular formula is C15H8F3N3. The van der Waals surface area contributed by atoms with E-state index in [1.807, 2.05) is 6.07 Å². The molecule has 1 N–H and O–H groups in total. The van der Waals surface area contributed by atoms with Gasteiger partial charge >= 0.3 is 6.18 Å². The Bertz CT molecular complexity index is 752. The van der Waals surface area contributed by atoms with E-state index in [2.05, 4.69) is 5.32 Å². The first-order chi connectivity index (χ1) is 9.95. The van der Waals surface area contributed by atoms with Gasteiger partial charge in [0.25, 0.3) is 0 Å². The van der Waals surface area contributed by atoms with Crippen molar-refractivity contribution in [3.63, 3.8) is 0 Å². The first kappa shape index (κ1) is 14.4. The van der Waals surface area contributed by atoms with Crippen LogP contribution in [0.2, 0.25) is 0 Å². The van der Waals surface area contributed by atoms with Crippen molar-refractivity contribution >= 4 is 11.4 Å². The molecule has 0 saturated carbocycles. The minimum absolute atomic E-state index is 0.308. The summed E-state index contributed by atoms with van der Waals surface area (Å²) in [5, 5.41) is 20.6. The predicted octanol–water partition coefficient (Wildman–Crippen LogP) is 4.19. The largest absolute Gasteiger partial charge is 0.417 e. The van der Waals surface area contributed by atoms with Gasteiger partial charge in [0.1, 0.15) is 6.07 Å². The van der Waals surface area contributed by atoms with Crippen molar-refractivity contribution in [3.8, 4) is 12.1 Å². The molecule has 6 heteroatoms. The van der Waals surface area contributed by atoms with Gasteiger partial charge < -0.3 is 5.32 Å². The highest BCUT2D eigenvalue weighted by molar-refractivity contribution is 5.68. The van der Waals surface area contributed by atoms with Crippen molar-refractivity contribution in [1.29, 1.82) is 10.5 Å². The fourth-order valence-corrected chi connectivity index (χ4v) is 1.81. The summed E-state index contributed by atoms with van der Waals surface area (Å²) in [5.41, 5.74) is -0.326. The first-order valence-corrected chi connectivity index (χ1v) is 5.83. The molecule has 2 aromatic rings. The summed E-state index contributed by atoms with van der Waals surface area (Å²) in [6.07, 6.45) is -4.58. The molecular weight excluding hydrogens is 279 g/mol. The zero-order valence-corrected chi connectivity index (χ0v) is 10.6. The fraction of sp³-hybridized carbons (Fsp3) is 0.0667. The van der Waals surface area contributed by atoms with Crippen LogP contribution in [0.1, 0.15) is 16.7 Å². The maximum absolute atomic E-state index is 12.7. The second kappa shape index (κ2) is 5.56. The van der Waals surface area contributed by atoms with Gasteiger partial charge in [-0.2, -0.15) is 23.7 Å². The third-order valence-electron chi connectivity index (χ3n) is 2.77. The van der Waals surface area contributed by atoms with Gasteiger partial charge in [-0.05, 0) is 30.3 Å². The Kier molecular flexibility index (Phi) is 3.82. The van der Waals surface area contributed by atoms with Crippen molar-refractivity contribution in [1.82, 2.24) is 0 Å². The van der Waals surface area contributed by atoms with E-state index in [-0.39, 0.29) is 0 Å². The van der Waals surface area contributed by atoms with Gasteiger partial charge in [-0.15, -0.1) is 0 Å². The zero-order valence-electron chi connectivity index (χ0n) is 10.6. The van der Waals surface area contributed by atoms with Crippen molar-refractivity contribution in [2.24, 2.45) is 0 Å². The summed E-state index contributed by atoms with van der Waals surface area (Å²) in [6, 6.07) is 13.3. The molecule has 0 aliphatic rings. The van der Waals surface area contributed by atoms with Gasteiger partial charge in [-0.3, -0.25) is 0 Å². The lowest BCUT2D eigenvalue weighted by Gasteiger charge is -2.12. The van der Waals surface area contributed by atoms with Crippen LogP contribution in [0.3, 0.4) is 0 Å². The monoisotopic (exact) mass is 287 g/mol. The van der Waals surface area contributed by atoms with E-state index in [4.69, 9.17) is 10.5 Å². The number of hydrogen-bond acceptors (Lipinski definition) is 3. The Balaban J connectivity index is 2.40. The molecule has 0 aromatic heterocycles. The molecule has 0 radical (unpaired) electrons. The Morgan fingerprint density at radius 2 is 1.57 bits per heavy atom. The molecule has 0 spiro atoms. The molecule has 2 aromatic carbocycles. The van der Waals surface area contributed by atoms with E-state index in [1.165, 1.54) is 12.1 Å². The molecule has 21 heavy (non-hydrogen) atoms. The van der Waals surface area contributed by atoms with Crippen molar-refractivity contribution < 1.29 is 13.2 Å². The van der Waals surface area contributed by atoms with E-state index in [9.17, 15) is 13.2 Å². The Morgan fingerprint density at radius 3 is 2.19 bits per heavy atom. The van der Waals surface area contributed by atoms with Crippen molar-refractivity contribution in [2.45, 2.75) is 6.18 Å². The number of halogens is 3. The number of rotatable bonds is 2. The average molecular weight is 287 g/mol. The molecule has 0 amide bonds. The van der Waals surface area contributed by atoms with E-state index in [0.29, 0.717) is 16.9 Å². The smallest absolute Gasteiger partial charge is 0.354 e. The standard InChI is InChI=1S/C15H8F3N3/c16-15(17,18)13-6-5-12(7-11(13)9-20)21-14-4-2-1-3-10(14)8-19/h1-7,21H. The van der Waals surface area contributed by atoms with Crippen LogP contribution in [0.15, 0.2) is 42.5 Å². The van der Waals surface area contributed by atoms with E-state index in [0.717, 1.165) is 12.1 Å².